The quantitative estimate of drug-likeness (QED) is 0.894. The van der Waals surface area contributed by atoms with Gasteiger partial charge < -0.3 is 15.5 Å². The molecule has 0 aromatic carbocycles. The third-order valence-electron chi connectivity index (χ3n) is 5.36. The fourth-order valence-electron chi connectivity index (χ4n) is 4.29. The van der Waals surface area contributed by atoms with Crippen LogP contribution in [0.25, 0.3) is 10.8 Å². The number of nitrogens with zero attached hydrogens (tertiary/aromatic N) is 1. The van der Waals surface area contributed by atoms with Gasteiger partial charge in [-0.25, -0.2) is 4.98 Å². The van der Waals surface area contributed by atoms with Crippen molar-refractivity contribution < 1.29 is 9.21 Å². The molecule has 2 aliphatic carbocycles. The number of nitrogens with one attached hydrogen (secondary N) is 1. The molecular weight excluding hydrogens is 322 g/mol. The summed E-state index contributed by atoms with van der Waals surface area (Å²) >= 11 is 1.44. The number of nitrogens with two attached hydrogens (primary N) is 1. The molecule has 2 unspecified atom stereocenters. The van der Waals surface area contributed by atoms with E-state index < -0.39 is 0 Å². The summed E-state index contributed by atoms with van der Waals surface area (Å²) in [4.78, 5) is 17.1. The minimum absolute atomic E-state index is 0.0712. The summed E-state index contributed by atoms with van der Waals surface area (Å²) < 4.78 is 5.59. The molecule has 5 nitrogen and oxygen atoms in total. The van der Waals surface area contributed by atoms with Crippen LogP contribution in [-0.2, 0) is 0 Å². The van der Waals surface area contributed by atoms with Crippen LogP contribution in [0.4, 0.5) is 0 Å². The molecule has 2 aromatic rings. The van der Waals surface area contributed by atoms with Gasteiger partial charge in [0.25, 0.3) is 5.91 Å². The Bertz CT molecular complexity index is 724. The van der Waals surface area contributed by atoms with Crippen LogP contribution in [0.2, 0.25) is 0 Å². The first kappa shape index (κ1) is 15.8. The number of aromatic nitrogens is 1. The Balaban J connectivity index is 1.47. The highest BCUT2D eigenvalue weighted by Crippen LogP contribution is 2.39. The first-order valence-electron chi connectivity index (χ1n) is 8.69. The number of amides is 1. The van der Waals surface area contributed by atoms with Gasteiger partial charge in [0.1, 0.15) is 11.5 Å². The monoisotopic (exact) mass is 345 g/mol. The molecule has 1 amide bonds. The van der Waals surface area contributed by atoms with E-state index in [1.807, 2.05) is 24.4 Å². The smallest absolute Gasteiger partial charge is 0.271 e. The van der Waals surface area contributed by atoms with Crippen LogP contribution in [0.5, 0.6) is 0 Å². The van der Waals surface area contributed by atoms with E-state index in [4.69, 9.17) is 10.2 Å². The van der Waals surface area contributed by atoms with Crippen molar-refractivity contribution in [1.82, 2.24) is 10.3 Å². The molecular formula is C18H23N3O2S. The highest BCUT2D eigenvalue weighted by molar-refractivity contribution is 7.13. The van der Waals surface area contributed by atoms with Crippen LogP contribution in [0.1, 0.15) is 48.4 Å². The Morgan fingerprint density at radius 2 is 2.08 bits per heavy atom. The molecule has 0 radical (unpaired) electrons. The third-order valence-corrected chi connectivity index (χ3v) is 6.22. The van der Waals surface area contributed by atoms with Crippen LogP contribution in [-0.4, -0.2) is 23.0 Å². The molecule has 4 rings (SSSR count). The number of carbonyl (C=O) groups is 1. The number of carbonyl (C=O) groups excluding carboxylic acids is 1. The fraction of sp³-hybridized carbons (Fsp3) is 0.556. The maximum absolute atomic E-state index is 12.6. The Labute approximate surface area is 145 Å². The molecule has 2 bridgehead atoms. The second-order valence-corrected chi connectivity index (χ2v) is 7.99. The van der Waals surface area contributed by atoms with Gasteiger partial charge in [-0.3, -0.25) is 4.79 Å². The largest absolute Gasteiger partial charge is 0.459 e. The van der Waals surface area contributed by atoms with Gasteiger partial charge in [0.2, 0.25) is 0 Å². The van der Waals surface area contributed by atoms with Crippen LogP contribution in [0.3, 0.4) is 0 Å². The van der Waals surface area contributed by atoms with E-state index in [0.717, 1.165) is 29.4 Å². The average molecular weight is 345 g/mol. The lowest BCUT2D eigenvalue weighted by atomic mass is 9.67. The number of rotatable bonds is 3. The van der Waals surface area contributed by atoms with Crippen LogP contribution < -0.4 is 11.1 Å². The van der Waals surface area contributed by atoms with E-state index in [-0.39, 0.29) is 11.9 Å². The van der Waals surface area contributed by atoms with Gasteiger partial charge in [-0.05, 0) is 56.6 Å². The molecule has 24 heavy (non-hydrogen) atoms. The Hall–Kier alpha value is -1.66. The molecule has 0 saturated heterocycles. The van der Waals surface area contributed by atoms with Crippen LogP contribution in [0, 0.1) is 18.8 Å². The second-order valence-electron chi connectivity index (χ2n) is 7.13. The van der Waals surface area contributed by atoms with Crippen molar-refractivity contribution in [3.05, 3.63) is 29.0 Å². The summed E-state index contributed by atoms with van der Waals surface area (Å²) in [6.07, 6.45) is 5.64. The molecule has 2 aliphatic rings. The van der Waals surface area contributed by atoms with Gasteiger partial charge in [-0.2, -0.15) is 0 Å². The van der Waals surface area contributed by atoms with E-state index in [1.165, 1.54) is 30.6 Å². The zero-order valence-electron chi connectivity index (χ0n) is 13.8. The summed E-state index contributed by atoms with van der Waals surface area (Å²) in [5, 5.41) is 5.81. The van der Waals surface area contributed by atoms with E-state index in [9.17, 15) is 4.79 Å². The summed E-state index contributed by atoms with van der Waals surface area (Å²) in [5.74, 6) is 2.53. The van der Waals surface area contributed by atoms with E-state index in [1.54, 1.807) is 0 Å². The van der Waals surface area contributed by atoms with Crippen LogP contribution >= 0.6 is 11.3 Å². The number of thiazole rings is 1. The second kappa shape index (κ2) is 6.33. The first-order valence-corrected chi connectivity index (χ1v) is 9.57. The summed E-state index contributed by atoms with van der Waals surface area (Å²) in [5.41, 5.74) is 6.65. The van der Waals surface area contributed by atoms with Crippen molar-refractivity contribution in [2.45, 2.75) is 51.1 Å². The SMILES string of the molecule is Cc1ccc(-c2nc(C(=O)NC3C4CCCC3CC(N)C4)cs2)o1. The number of hydrogen-bond acceptors (Lipinski definition) is 5. The van der Waals surface area contributed by atoms with Crippen molar-refractivity contribution in [3.8, 4) is 10.8 Å². The lowest BCUT2D eigenvalue weighted by Gasteiger charge is -2.45. The standard InChI is InChI=1S/C18H23N3O2S/c1-10-5-6-15(23-10)18-20-14(9-24-18)17(22)21-16-11-3-2-4-12(16)8-13(19)7-11/h5-6,9,11-13,16H,2-4,7-8,19H2,1H3,(H,21,22). The normalized spacial score (nSPS) is 29.4. The van der Waals surface area contributed by atoms with Gasteiger partial charge in [0, 0.05) is 17.5 Å². The summed E-state index contributed by atoms with van der Waals surface area (Å²) in [7, 11) is 0. The number of furan rings is 1. The molecule has 2 aromatic heterocycles. The maximum atomic E-state index is 12.6. The minimum Gasteiger partial charge on any atom is -0.459 e. The Morgan fingerprint density at radius 1 is 1.33 bits per heavy atom. The number of fused-ring (bicyclic) bond motifs is 2. The maximum Gasteiger partial charge on any atom is 0.271 e. The topological polar surface area (TPSA) is 81.2 Å². The van der Waals surface area contributed by atoms with Gasteiger partial charge in [0.15, 0.2) is 10.8 Å². The van der Waals surface area contributed by atoms with Gasteiger partial charge in [-0.15, -0.1) is 11.3 Å². The molecule has 2 saturated carbocycles. The lowest BCUT2D eigenvalue weighted by Crippen LogP contribution is -2.53. The zero-order valence-corrected chi connectivity index (χ0v) is 14.6. The Kier molecular flexibility index (Phi) is 4.18. The van der Waals surface area contributed by atoms with Gasteiger partial charge in [0.05, 0.1) is 0 Å². The highest BCUT2D eigenvalue weighted by atomic mass is 32.1. The predicted molar refractivity (Wildman–Crippen MR) is 93.8 cm³/mol. The fourth-order valence-corrected chi connectivity index (χ4v) is 5.05. The minimum atomic E-state index is -0.0712. The number of aryl methyl sites for hydroxylation is 1. The average Bonchev–Trinajstić information content (AvgIpc) is 3.17. The van der Waals surface area contributed by atoms with E-state index in [0.29, 0.717) is 23.6 Å². The molecule has 128 valence electrons. The van der Waals surface area contributed by atoms with Crippen molar-refractivity contribution in [2.75, 3.05) is 0 Å². The molecule has 2 atom stereocenters. The first-order chi connectivity index (χ1) is 11.6. The molecule has 2 heterocycles. The number of hydrogen-bond donors (Lipinski definition) is 2. The predicted octanol–water partition coefficient (Wildman–Crippen LogP) is 3.35. The Morgan fingerprint density at radius 3 is 2.75 bits per heavy atom. The molecule has 2 fully saturated rings. The van der Waals surface area contributed by atoms with E-state index >= 15 is 0 Å². The van der Waals surface area contributed by atoms with Crippen molar-refractivity contribution >= 4 is 17.2 Å². The summed E-state index contributed by atoms with van der Waals surface area (Å²) in [6.45, 7) is 1.90. The van der Waals surface area contributed by atoms with Crippen molar-refractivity contribution in [3.63, 3.8) is 0 Å². The van der Waals surface area contributed by atoms with Gasteiger partial charge >= 0.3 is 0 Å². The highest BCUT2D eigenvalue weighted by Gasteiger charge is 2.40. The third kappa shape index (κ3) is 3.00. The summed E-state index contributed by atoms with van der Waals surface area (Å²) in [6, 6.07) is 4.34. The molecule has 6 heteroatoms. The molecule has 3 N–H and O–H groups in total. The lowest BCUT2D eigenvalue weighted by molar-refractivity contribution is 0.0752. The molecule has 0 aliphatic heterocycles. The molecule has 0 spiro atoms. The van der Waals surface area contributed by atoms with Crippen molar-refractivity contribution in [1.29, 1.82) is 0 Å². The zero-order chi connectivity index (χ0) is 16.7. The van der Waals surface area contributed by atoms with Gasteiger partial charge in [-0.1, -0.05) is 6.42 Å². The van der Waals surface area contributed by atoms with Crippen molar-refractivity contribution in [2.24, 2.45) is 17.6 Å². The van der Waals surface area contributed by atoms with E-state index in [2.05, 4.69) is 10.3 Å². The van der Waals surface area contributed by atoms with Crippen LogP contribution in [0.15, 0.2) is 21.9 Å².